The van der Waals surface area contributed by atoms with Gasteiger partial charge in [0.25, 0.3) is 5.91 Å². The van der Waals surface area contributed by atoms with Crippen molar-refractivity contribution in [1.82, 2.24) is 25.7 Å². The lowest BCUT2D eigenvalue weighted by atomic mass is 10.0. The Labute approximate surface area is 184 Å². The predicted octanol–water partition coefficient (Wildman–Crippen LogP) is 2.62. The summed E-state index contributed by atoms with van der Waals surface area (Å²) in [5.74, 6) is 2.12. The molecule has 0 aliphatic carbocycles. The number of carbonyl (C=O) groups is 2. The monoisotopic (exact) mass is 436 g/mol. The molecule has 1 fully saturated rings. The van der Waals surface area contributed by atoms with Crippen molar-refractivity contribution in [2.45, 2.75) is 46.6 Å². The second-order valence-electron chi connectivity index (χ2n) is 8.48. The van der Waals surface area contributed by atoms with Crippen LogP contribution in [0.3, 0.4) is 0 Å². The fourth-order valence-electron chi connectivity index (χ4n) is 3.38. The Morgan fingerprint density at radius 3 is 2.73 bits per heavy atom. The fraction of sp³-hybridized carbons (Fsp3) is 0.714. The number of nitrogens with one attached hydrogen (secondary N) is 3. The molecule has 8 nitrogen and oxygen atoms in total. The van der Waals surface area contributed by atoms with Gasteiger partial charge in [0, 0.05) is 32.2 Å². The molecule has 0 bridgehead atoms. The van der Waals surface area contributed by atoms with Gasteiger partial charge < -0.3 is 15.5 Å². The van der Waals surface area contributed by atoms with Crippen molar-refractivity contribution < 1.29 is 9.59 Å². The fourth-order valence-corrected chi connectivity index (χ4v) is 3.81. The Bertz CT molecular complexity index is 713. The van der Waals surface area contributed by atoms with Crippen LogP contribution in [0.4, 0.5) is 10.6 Å². The molecule has 3 N–H and O–H groups in total. The average molecular weight is 437 g/mol. The van der Waals surface area contributed by atoms with Crippen LogP contribution in [0, 0.1) is 11.8 Å². The Morgan fingerprint density at radius 2 is 2.07 bits per heavy atom. The van der Waals surface area contributed by atoms with E-state index in [1.54, 1.807) is 17.8 Å². The summed E-state index contributed by atoms with van der Waals surface area (Å²) in [4.78, 5) is 27.1. The summed E-state index contributed by atoms with van der Waals surface area (Å²) >= 11 is 1.75. The molecule has 1 aliphatic heterocycles. The van der Waals surface area contributed by atoms with Crippen molar-refractivity contribution in [2.75, 3.05) is 43.5 Å². The summed E-state index contributed by atoms with van der Waals surface area (Å²) in [6, 6.07) is 1.77. The lowest BCUT2D eigenvalue weighted by Crippen LogP contribution is -2.54. The molecule has 1 saturated heterocycles. The van der Waals surface area contributed by atoms with E-state index >= 15 is 0 Å². The summed E-state index contributed by atoms with van der Waals surface area (Å²) in [6.07, 6.45) is 3.66. The third kappa shape index (κ3) is 7.43. The Hall–Kier alpha value is -1.87. The molecule has 9 heteroatoms. The third-order valence-corrected chi connectivity index (χ3v) is 5.76. The van der Waals surface area contributed by atoms with Gasteiger partial charge in [0.15, 0.2) is 11.5 Å². The van der Waals surface area contributed by atoms with Gasteiger partial charge in [-0.3, -0.25) is 10.1 Å². The smallest absolute Gasteiger partial charge is 0.320 e. The number of amides is 3. The van der Waals surface area contributed by atoms with Gasteiger partial charge in [-0.15, -0.1) is 10.2 Å². The molecule has 3 amide bonds. The molecule has 2 heterocycles. The molecule has 1 aliphatic rings. The van der Waals surface area contributed by atoms with Crippen molar-refractivity contribution in [2.24, 2.45) is 11.8 Å². The van der Waals surface area contributed by atoms with Gasteiger partial charge >= 0.3 is 6.03 Å². The zero-order valence-electron chi connectivity index (χ0n) is 18.8. The third-order valence-electron chi connectivity index (χ3n) is 5.06. The van der Waals surface area contributed by atoms with Crippen LogP contribution in [0.1, 0.15) is 50.2 Å². The number of hydrogen-bond acceptors (Lipinski definition) is 6. The molecule has 168 valence electrons. The minimum atomic E-state index is -0.295. The number of aromatic nitrogens is 2. The van der Waals surface area contributed by atoms with E-state index in [-0.39, 0.29) is 18.0 Å². The first-order valence-electron chi connectivity index (χ1n) is 10.7. The maximum absolute atomic E-state index is 13.0. The van der Waals surface area contributed by atoms with Gasteiger partial charge in [0.2, 0.25) is 0 Å². The molecular weight excluding hydrogens is 400 g/mol. The zero-order valence-corrected chi connectivity index (χ0v) is 19.6. The van der Waals surface area contributed by atoms with Crippen molar-refractivity contribution >= 4 is 29.5 Å². The van der Waals surface area contributed by atoms with Crippen LogP contribution in [0.2, 0.25) is 0 Å². The number of rotatable bonds is 9. The topological polar surface area (TPSA) is 99.2 Å². The summed E-state index contributed by atoms with van der Waals surface area (Å²) < 4.78 is 0. The molecule has 0 saturated carbocycles. The number of carbonyl (C=O) groups excluding carboxylic acids is 2. The Morgan fingerprint density at radius 1 is 1.30 bits per heavy atom. The molecular formula is C21H36N6O2S. The van der Waals surface area contributed by atoms with Crippen LogP contribution < -0.4 is 16.0 Å². The van der Waals surface area contributed by atoms with Crippen LogP contribution in [0.15, 0.2) is 6.07 Å². The van der Waals surface area contributed by atoms with Crippen LogP contribution in [0.5, 0.6) is 0 Å². The number of nitrogens with zero attached hydrogens (tertiary/aromatic N) is 3. The van der Waals surface area contributed by atoms with Crippen LogP contribution >= 0.6 is 11.8 Å². The van der Waals surface area contributed by atoms with Gasteiger partial charge in [-0.25, -0.2) is 4.79 Å². The summed E-state index contributed by atoms with van der Waals surface area (Å²) in [5, 5.41) is 17.4. The van der Waals surface area contributed by atoms with Crippen molar-refractivity contribution in [3.05, 3.63) is 17.3 Å². The molecule has 1 atom stereocenters. The quantitative estimate of drug-likeness (QED) is 0.515. The largest absolute Gasteiger partial charge is 0.338 e. The highest BCUT2D eigenvalue weighted by Crippen LogP contribution is 2.19. The summed E-state index contributed by atoms with van der Waals surface area (Å²) in [5.41, 5.74) is 1.17. The molecule has 0 aromatic carbocycles. The lowest BCUT2D eigenvalue weighted by Gasteiger charge is -2.35. The highest BCUT2D eigenvalue weighted by atomic mass is 32.2. The molecule has 0 unspecified atom stereocenters. The normalized spacial score (nSPS) is 16.8. The van der Waals surface area contributed by atoms with Gasteiger partial charge in [-0.1, -0.05) is 27.7 Å². The molecule has 1 aromatic rings. The molecule has 1 aromatic heterocycles. The van der Waals surface area contributed by atoms with E-state index in [4.69, 9.17) is 0 Å². The van der Waals surface area contributed by atoms with E-state index in [0.29, 0.717) is 49.4 Å². The van der Waals surface area contributed by atoms with Gasteiger partial charge in [0.1, 0.15) is 0 Å². The SMILES string of the molecule is CSCCCNC(=O)Nc1nnc(C(=O)N2CCN[C@@H](C(C)C)C2)cc1CC(C)C. The van der Waals surface area contributed by atoms with Gasteiger partial charge in [0.05, 0.1) is 0 Å². The number of urea groups is 1. The molecule has 0 radical (unpaired) electrons. The van der Waals surface area contributed by atoms with E-state index in [9.17, 15) is 9.59 Å². The Balaban J connectivity index is 2.10. The standard InChI is InChI=1S/C21H36N6O2S/c1-14(2)11-16-12-17(20(28)27-9-8-22-18(13-27)15(3)4)25-26-19(16)24-21(29)23-7-6-10-30-5/h12,14-15,18,22H,6-11,13H2,1-5H3,(H2,23,24,26,29)/t18-/m1/s1. The second kappa shape index (κ2) is 12.1. The van der Waals surface area contributed by atoms with Gasteiger partial charge in [-0.05, 0) is 48.3 Å². The van der Waals surface area contributed by atoms with Crippen LogP contribution in [-0.4, -0.2) is 71.3 Å². The van der Waals surface area contributed by atoms with Gasteiger partial charge in [-0.2, -0.15) is 11.8 Å². The first-order chi connectivity index (χ1) is 14.3. The lowest BCUT2D eigenvalue weighted by molar-refractivity contribution is 0.0676. The number of hydrogen-bond donors (Lipinski definition) is 3. The van der Waals surface area contributed by atoms with Crippen molar-refractivity contribution in [3.8, 4) is 0 Å². The second-order valence-corrected chi connectivity index (χ2v) is 9.47. The van der Waals surface area contributed by atoms with E-state index in [1.807, 2.05) is 11.2 Å². The first kappa shape index (κ1) is 24.4. The maximum Gasteiger partial charge on any atom is 0.320 e. The van der Waals surface area contributed by atoms with Crippen LogP contribution in [0.25, 0.3) is 0 Å². The van der Waals surface area contributed by atoms with Crippen LogP contribution in [-0.2, 0) is 6.42 Å². The minimum absolute atomic E-state index is 0.104. The minimum Gasteiger partial charge on any atom is -0.338 e. The summed E-state index contributed by atoms with van der Waals surface area (Å²) in [7, 11) is 0. The van der Waals surface area contributed by atoms with E-state index in [1.165, 1.54) is 0 Å². The average Bonchev–Trinajstić information content (AvgIpc) is 2.71. The number of piperazine rings is 1. The first-order valence-corrected chi connectivity index (χ1v) is 12.1. The Kier molecular flexibility index (Phi) is 9.84. The maximum atomic E-state index is 13.0. The highest BCUT2D eigenvalue weighted by Gasteiger charge is 2.27. The molecule has 30 heavy (non-hydrogen) atoms. The van der Waals surface area contributed by atoms with E-state index < -0.39 is 0 Å². The number of anilines is 1. The van der Waals surface area contributed by atoms with Crippen molar-refractivity contribution in [3.63, 3.8) is 0 Å². The zero-order chi connectivity index (χ0) is 22.1. The molecule has 0 spiro atoms. The van der Waals surface area contributed by atoms with Crippen molar-refractivity contribution in [1.29, 1.82) is 0 Å². The van der Waals surface area contributed by atoms with E-state index in [0.717, 1.165) is 24.3 Å². The predicted molar refractivity (Wildman–Crippen MR) is 123 cm³/mol. The summed E-state index contributed by atoms with van der Waals surface area (Å²) in [6.45, 7) is 11.2. The highest BCUT2D eigenvalue weighted by molar-refractivity contribution is 7.98. The van der Waals surface area contributed by atoms with E-state index in [2.05, 4.69) is 53.8 Å². The number of thioether (sulfide) groups is 1. The molecule has 2 rings (SSSR count).